The van der Waals surface area contributed by atoms with Gasteiger partial charge in [0.15, 0.2) is 0 Å². The largest absolute Gasteiger partial charge is 0.314 e. The Morgan fingerprint density at radius 2 is 2.00 bits per heavy atom. The predicted molar refractivity (Wildman–Crippen MR) is 49.6 cm³/mol. The third kappa shape index (κ3) is 2.19. The summed E-state index contributed by atoms with van der Waals surface area (Å²) in [5.41, 5.74) is 0. The highest BCUT2D eigenvalue weighted by Gasteiger charge is 2.25. The molecule has 3 atom stereocenters. The fourth-order valence-corrected chi connectivity index (χ4v) is 2.13. The first-order valence-corrected chi connectivity index (χ1v) is 4.99. The van der Waals surface area contributed by atoms with Crippen LogP contribution in [0.15, 0.2) is 0 Å². The van der Waals surface area contributed by atoms with Gasteiger partial charge < -0.3 is 5.32 Å². The maximum Gasteiger partial charge on any atom is 0.00951 e. The van der Waals surface area contributed by atoms with E-state index in [0.717, 1.165) is 24.4 Å². The van der Waals surface area contributed by atoms with Crippen LogP contribution in [-0.2, 0) is 0 Å². The zero-order valence-electron chi connectivity index (χ0n) is 8.06. The smallest absolute Gasteiger partial charge is 0.00951 e. The summed E-state index contributed by atoms with van der Waals surface area (Å²) < 4.78 is 0. The molecular weight excluding hydrogens is 134 g/mol. The molecule has 1 nitrogen and oxygen atoms in total. The molecule has 1 fully saturated rings. The molecule has 66 valence electrons. The molecule has 0 aromatic rings. The second kappa shape index (κ2) is 4.10. The van der Waals surface area contributed by atoms with Crippen molar-refractivity contribution in [2.24, 2.45) is 11.8 Å². The van der Waals surface area contributed by atoms with Crippen molar-refractivity contribution in [1.82, 2.24) is 5.32 Å². The van der Waals surface area contributed by atoms with Crippen LogP contribution in [0.5, 0.6) is 0 Å². The zero-order chi connectivity index (χ0) is 8.27. The normalized spacial score (nSPS) is 39.0. The van der Waals surface area contributed by atoms with E-state index in [-0.39, 0.29) is 0 Å². The Labute approximate surface area is 70.6 Å². The molecule has 0 heterocycles. The maximum absolute atomic E-state index is 3.56. The summed E-state index contributed by atoms with van der Waals surface area (Å²) in [6, 6.07) is 0.795. The lowest BCUT2D eigenvalue weighted by Crippen LogP contribution is -2.40. The van der Waals surface area contributed by atoms with Gasteiger partial charge in [-0.3, -0.25) is 0 Å². The highest BCUT2D eigenvalue weighted by molar-refractivity contribution is 4.81. The molecule has 1 heteroatoms. The quantitative estimate of drug-likeness (QED) is 0.645. The number of nitrogens with one attached hydrogen (secondary N) is 1. The first kappa shape index (κ1) is 9.05. The molecule has 1 saturated carbocycles. The fourth-order valence-electron chi connectivity index (χ4n) is 2.13. The predicted octanol–water partition coefficient (Wildman–Crippen LogP) is 2.42. The van der Waals surface area contributed by atoms with Gasteiger partial charge in [0.2, 0.25) is 0 Å². The molecule has 1 aliphatic carbocycles. The molecule has 0 aromatic carbocycles. The van der Waals surface area contributed by atoms with Crippen molar-refractivity contribution in [2.75, 3.05) is 6.54 Å². The summed E-state index contributed by atoms with van der Waals surface area (Å²) in [5.74, 6) is 1.80. The minimum atomic E-state index is 0.795. The minimum absolute atomic E-state index is 0.795. The summed E-state index contributed by atoms with van der Waals surface area (Å²) in [4.78, 5) is 0. The van der Waals surface area contributed by atoms with Crippen molar-refractivity contribution in [3.63, 3.8) is 0 Å². The van der Waals surface area contributed by atoms with Crippen molar-refractivity contribution in [2.45, 2.75) is 46.1 Å². The molecule has 0 aromatic heterocycles. The lowest BCUT2D eigenvalue weighted by Gasteiger charge is -2.34. The number of hydrogen-bond acceptors (Lipinski definition) is 1. The molecule has 1 rings (SSSR count). The monoisotopic (exact) mass is 155 g/mol. The number of rotatable bonds is 2. The lowest BCUT2D eigenvalue weighted by atomic mass is 9.78. The van der Waals surface area contributed by atoms with E-state index in [0.29, 0.717) is 0 Å². The molecule has 0 spiro atoms. The molecule has 11 heavy (non-hydrogen) atoms. The summed E-state index contributed by atoms with van der Waals surface area (Å²) in [6.45, 7) is 8.10. The Morgan fingerprint density at radius 1 is 1.27 bits per heavy atom. The van der Waals surface area contributed by atoms with Crippen LogP contribution in [0.2, 0.25) is 0 Å². The average molecular weight is 155 g/mol. The molecule has 0 aliphatic heterocycles. The van der Waals surface area contributed by atoms with Crippen LogP contribution < -0.4 is 5.32 Å². The molecular formula is C10H21N. The summed E-state index contributed by atoms with van der Waals surface area (Å²) in [5, 5.41) is 3.56. The van der Waals surface area contributed by atoms with E-state index >= 15 is 0 Å². The van der Waals surface area contributed by atoms with E-state index in [1.54, 1.807) is 0 Å². The average Bonchev–Trinajstić information content (AvgIpc) is 1.99. The minimum Gasteiger partial charge on any atom is -0.314 e. The SMILES string of the molecule is CCN[C@@H]1CCC[C@@H](C)[C@@H]1C. The molecule has 0 unspecified atom stereocenters. The third-order valence-corrected chi connectivity index (χ3v) is 3.17. The summed E-state index contributed by atoms with van der Waals surface area (Å²) in [6.07, 6.45) is 4.24. The van der Waals surface area contributed by atoms with E-state index < -0.39 is 0 Å². The molecule has 0 radical (unpaired) electrons. The zero-order valence-corrected chi connectivity index (χ0v) is 8.06. The van der Waals surface area contributed by atoms with Gasteiger partial charge in [0.05, 0.1) is 0 Å². The van der Waals surface area contributed by atoms with E-state index in [4.69, 9.17) is 0 Å². The Morgan fingerprint density at radius 3 is 2.64 bits per heavy atom. The highest BCUT2D eigenvalue weighted by atomic mass is 14.9. The fraction of sp³-hybridized carbons (Fsp3) is 1.00. The topological polar surface area (TPSA) is 12.0 Å². The molecule has 0 saturated heterocycles. The number of hydrogen-bond donors (Lipinski definition) is 1. The third-order valence-electron chi connectivity index (χ3n) is 3.17. The van der Waals surface area contributed by atoms with E-state index in [1.807, 2.05) is 0 Å². The highest BCUT2D eigenvalue weighted by Crippen LogP contribution is 2.29. The van der Waals surface area contributed by atoms with Crippen molar-refractivity contribution in [1.29, 1.82) is 0 Å². The van der Waals surface area contributed by atoms with Crippen LogP contribution in [0, 0.1) is 11.8 Å². The van der Waals surface area contributed by atoms with Gasteiger partial charge >= 0.3 is 0 Å². The second-order valence-corrected chi connectivity index (χ2v) is 3.93. The Hall–Kier alpha value is -0.0400. The van der Waals surface area contributed by atoms with Crippen LogP contribution >= 0.6 is 0 Å². The lowest BCUT2D eigenvalue weighted by molar-refractivity contribution is 0.209. The Balaban J connectivity index is 2.38. The molecule has 0 amide bonds. The summed E-state index contributed by atoms with van der Waals surface area (Å²) in [7, 11) is 0. The van der Waals surface area contributed by atoms with Crippen molar-refractivity contribution < 1.29 is 0 Å². The van der Waals surface area contributed by atoms with Crippen molar-refractivity contribution in [3.05, 3.63) is 0 Å². The molecule has 1 aliphatic rings. The van der Waals surface area contributed by atoms with Crippen LogP contribution in [0.3, 0.4) is 0 Å². The van der Waals surface area contributed by atoms with Crippen LogP contribution in [0.4, 0.5) is 0 Å². The van der Waals surface area contributed by atoms with Gasteiger partial charge in [-0.25, -0.2) is 0 Å². The van der Waals surface area contributed by atoms with Gasteiger partial charge in [-0.15, -0.1) is 0 Å². The first-order chi connectivity index (χ1) is 5.25. The standard InChI is InChI=1S/C10H21N/c1-4-11-10-7-5-6-8(2)9(10)3/h8-11H,4-7H2,1-3H3/t8-,9+,10-/m1/s1. The molecule has 0 bridgehead atoms. The van der Waals surface area contributed by atoms with Gasteiger partial charge in [-0.05, 0) is 24.8 Å². The van der Waals surface area contributed by atoms with Gasteiger partial charge in [-0.2, -0.15) is 0 Å². The van der Waals surface area contributed by atoms with Gasteiger partial charge in [0.25, 0.3) is 0 Å². The van der Waals surface area contributed by atoms with E-state index in [2.05, 4.69) is 26.1 Å². The van der Waals surface area contributed by atoms with Crippen molar-refractivity contribution >= 4 is 0 Å². The molecule has 1 N–H and O–H groups in total. The summed E-state index contributed by atoms with van der Waals surface area (Å²) >= 11 is 0. The van der Waals surface area contributed by atoms with Crippen LogP contribution in [0.25, 0.3) is 0 Å². The van der Waals surface area contributed by atoms with Gasteiger partial charge in [0, 0.05) is 6.04 Å². The van der Waals surface area contributed by atoms with E-state index in [1.165, 1.54) is 19.3 Å². The van der Waals surface area contributed by atoms with Crippen LogP contribution in [-0.4, -0.2) is 12.6 Å². The van der Waals surface area contributed by atoms with Gasteiger partial charge in [-0.1, -0.05) is 33.6 Å². The Bertz CT molecular complexity index is 109. The first-order valence-electron chi connectivity index (χ1n) is 4.99. The Kier molecular flexibility index (Phi) is 3.38. The van der Waals surface area contributed by atoms with E-state index in [9.17, 15) is 0 Å². The maximum atomic E-state index is 3.56. The second-order valence-electron chi connectivity index (χ2n) is 3.93. The van der Waals surface area contributed by atoms with Crippen LogP contribution in [0.1, 0.15) is 40.0 Å². The van der Waals surface area contributed by atoms with Gasteiger partial charge in [0.1, 0.15) is 0 Å². The van der Waals surface area contributed by atoms with Crippen molar-refractivity contribution in [3.8, 4) is 0 Å².